The van der Waals surface area contributed by atoms with E-state index in [0.717, 1.165) is 19.0 Å². The fraction of sp³-hybridized carbons (Fsp3) is 0.900. The van der Waals surface area contributed by atoms with E-state index in [2.05, 4.69) is 22.2 Å². The highest BCUT2D eigenvalue weighted by Gasteiger charge is 2.30. The third kappa shape index (κ3) is 2.41. The average Bonchev–Trinajstić information content (AvgIpc) is 2.95. The van der Waals surface area contributed by atoms with Crippen LogP contribution in [0.15, 0.2) is 4.99 Å². The quantitative estimate of drug-likeness (QED) is 0.294. The van der Waals surface area contributed by atoms with E-state index in [-0.39, 0.29) is 6.10 Å². The molecule has 1 saturated heterocycles. The highest BCUT2D eigenvalue weighted by atomic mass is 16.5. The maximum Gasteiger partial charge on any atom is 0.208 e. The first-order valence-electron chi connectivity index (χ1n) is 5.61. The molecule has 86 valence electrons. The number of hydrazine groups is 1. The van der Waals surface area contributed by atoms with Crippen molar-refractivity contribution in [2.24, 2.45) is 10.8 Å². The van der Waals surface area contributed by atoms with Crippen molar-refractivity contribution >= 4 is 5.96 Å². The van der Waals surface area contributed by atoms with Gasteiger partial charge < -0.3 is 9.64 Å². The summed E-state index contributed by atoms with van der Waals surface area (Å²) in [5.41, 5.74) is 2.69. The lowest BCUT2D eigenvalue weighted by Gasteiger charge is -2.29. The summed E-state index contributed by atoms with van der Waals surface area (Å²) in [6.07, 6.45) is 3.68. The largest absolute Gasteiger partial charge is 0.376 e. The van der Waals surface area contributed by atoms with Crippen LogP contribution in [0, 0.1) is 0 Å². The summed E-state index contributed by atoms with van der Waals surface area (Å²) in [6.45, 7) is 2.93. The fourth-order valence-corrected chi connectivity index (χ4v) is 1.99. The van der Waals surface area contributed by atoms with Crippen LogP contribution in [0.1, 0.15) is 26.2 Å². The first-order chi connectivity index (χ1) is 7.22. The molecule has 0 aromatic heterocycles. The molecule has 0 bridgehead atoms. The van der Waals surface area contributed by atoms with Crippen molar-refractivity contribution < 1.29 is 4.74 Å². The number of hydrogen-bond donors (Lipinski definition) is 2. The van der Waals surface area contributed by atoms with Crippen molar-refractivity contribution in [3.63, 3.8) is 0 Å². The number of aliphatic imine (C=N–C) groups is 1. The molecule has 5 nitrogen and oxygen atoms in total. The lowest BCUT2D eigenvalue weighted by Crippen LogP contribution is -2.49. The average molecular weight is 212 g/mol. The minimum absolute atomic E-state index is 0.257. The zero-order chi connectivity index (χ0) is 10.8. The molecule has 2 aliphatic rings. The van der Waals surface area contributed by atoms with E-state index in [0.29, 0.717) is 12.1 Å². The Morgan fingerprint density at radius 2 is 2.20 bits per heavy atom. The number of likely N-dealkylation sites (N-methyl/N-ethyl adjacent to an activating group) is 1. The Bertz CT molecular complexity index is 252. The molecule has 0 amide bonds. The van der Waals surface area contributed by atoms with E-state index in [1.54, 1.807) is 0 Å². The smallest absolute Gasteiger partial charge is 0.208 e. The predicted molar refractivity (Wildman–Crippen MR) is 59.4 cm³/mol. The van der Waals surface area contributed by atoms with Gasteiger partial charge in [0.05, 0.1) is 18.2 Å². The Hall–Kier alpha value is -0.810. The fourth-order valence-electron chi connectivity index (χ4n) is 1.99. The Labute approximate surface area is 90.6 Å². The molecule has 0 aromatic rings. The zero-order valence-corrected chi connectivity index (χ0v) is 9.44. The van der Waals surface area contributed by atoms with Crippen molar-refractivity contribution in [1.29, 1.82) is 0 Å². The SMILES string of the molecule is CC1OCCC1N(C)C(=NC1CC1)NN. The number of nitrogens with zero attached hydrogens (tertiary/aromatic N) is 2. The highest BCUT2D eigenvalue weighted by molar-refractivity contribution is 5.79. The van der Waals surface area contributed by atoms with Gasteiger partial charge in [0.2, 0.25) is 5.96 Å². The van der Waals surface area contributed by atoms with Gasteiger partial charge in [0.15, 0.2) is 0 Å². The van der Waals surface area contributed by atoms with Crippen molar-refractivity contribution in [2.75, 3.05) is 13.7 Å². The molecular weight excluding hydrogens is 192 g/mol. The summed E-state index contributed by atoms with van der Waals surface area (Å²) in [5, 5.41) is 0. The normalized spacial score (nSPS) is 31.8. The van der Waals surface area contributed by atoms with Gasteiger partial charge in [-0.1, -0.05) is 0 Å². The van der Waals surface area contributed by atoms with Crippen LogP contribution in [0.3, 0.4) is 0 Å². The van der Waals surface area contributed by atoms with Crippen LogP contribution in [0.2, 0.25) is 0 Å². The third-order valence-corrected chi connectivity index (χ3v) is 3.15. The van der Waals surface area contributed by atoms with E-state index in [9.17, 15) is 0 Å². The minimum atomic E-state index is 0.257. The summed E-state index contributed by atoms with van der Waals surface area (Å²) in [4.78, 5) is 6.64. The zero-order valence-electron chi connectivity index (χ0n) is 9.44. The molecule has 1 aliphatic heterocycles. The van der Waals surface area contributed by atoms with E-state index in [1.165, 1.54) is 12.8 Å². The summed E-state index contributed by atoms with van der Waals surface area (Å²) in [7, 11) is 2.02. The molecule has 5 heteroatoms. The van der Waals surface area contributed by atoms with E-state index < -0.39 is 0 Å². The van der Waals surface area contributed by atoms with Gasteiger partial charge in [-0.25, -0.2) is 10.8 Å². The van der Waals surface area contributed by atoms with Crippen LogP contribution in [0.4, 0.5) is 0 Å². The molecule has 1 heterocycles. The number of ether oxygens (including phenoxy) is 1. The lowest BCUT2D eigenvalue weighted by atomic mass is 10.1. The Morgan fingerprint density at radius 1 is 1.47 bits per heavy atom. The molecule has 2 atom stereocenters. The molecule has 3 N–H and O–H groups in total. The summed E-state index contributed by atoms with van der Waals surface area (Å²) in [5.74, 6) is 6.29. The lowest BCUT2D eigenvalue weighted by molar-refractivity contribution is 0.0991. The van der Waals surface area contributed by atoms with Crippen molar-refractivity contribution in [3.8, 4) is 0 Å². The molecule has 2 fully saturated rings. The number of nitrogens with one attached hydrogen (secondary N) is 1. The summed E-state index contributed by atoms with van der Waals surface area (Å²) < 4.78 is 5.54. The highest BCUT2D eigenvalue weighted by Crippen LogP contribution is 2.24. The van der Waals surface area contributed by atoms with Gasteiger partial charge in [0, 0.05) is 13.7 Å². The second kappa shape index (κ2) is 4.37. The molecule has 1 saturated carbocycles. The Balaban J connectivity index is 2.00. The maximum atomic E-state index is 5.54. The second-order valence-electron chi connectivity index (χ2n) is 4.37. The molecule has 2 unspecified atom stereocenters. The third-order valence-electron chi connectivity index (χ3n) is 3.15. The number of guanidine groups is 1. The Kier molecular flexibility index (Phi) is 3.11. The van der Waals surface area contributed by atoms with Gasteiger partial charge in [0.25, 0.3) is 0 Å². The molecule has 0 spiro atoms. The first-order valence-corrected chi connectivity index (χ1v) is 5.61. The van der Waals surface area contributed by atoms with Crippen molar-refractivity contribution in [3.05, 3.63) is 0 Å². The second-order valence-corrected chi connectivity index (χ2v) is 4.37. The van der Waals surface area contributed by atoms with Crippen LogP contribution < -0.4 is 11.3 Å². The molecular formula is C10H20N4O. The van der Waals surface area contributed by atoms with Gasteiger partial charge in [0.1, 0.15) is 0 Å². The maximum absolute atomic E-state index is 5.54. The number of hydrogen-bond acceptors (Lipinski definition) is 3. The van der Waals surface area contributed by atoms with Crippen LogP contribution >= 0.6 is 0 Å². The van der Waals surface area contributed by atoms with Gasteiger partial charge in [-0.15, -0.1) is 0 Å². The van der Waals surface area contributed by atoms with Gasteiger partial charge in [-0.2, -0.15) is 0 Å². The molecule has 2 rings (SSSR count). The van der Waals surface area contributed by atoms with Gasteiger partial charge >= 0.3 is 0 Å². The Morgan fingerprint density at radius 3 is 2.67 bits per heavy atom. The first kappa shape index (κ1) is 10.7. The molecule has 15 heavy (non-hydrogen) atoms. The number of rotatable bonds is 2. The van der Waals surface area contributed by atoms with Crippen molar-refractivity contribution in [2.45, 2.75) is 44.4 Å². The van der Waals surface area contributed by atoms with Crippen LogP contribution in [-0.2, 0) is 4.74 Å². The molecule has 0 radical (unpaired) electrons. The number of nitrogens with two attached hydrogens (primary N) is 1. The standard InChI is InChI=1S/C10H20N4O/c1-7-9(5-6-15-7)14(2)10(13-11)12-8-3-4-8/h7-9H,3-6,11H2,1-2H3,(H,12,13). The van der Waals surface area contributed by atoms with Crippen molar-refractivity contribution in [1.82, 2.24) is 10.3 Å². The molecule has 0 aromatic carbocycles. The van der Waals surface area contributed by atoms with E-state index in [4.69, 9.17) is 10.6 Å². The van der Waals surface area contributed by atoms with E-state index in [1.807, 2.05) is 7.05 Å². The predicted octanol–water partition coefficient (Wildman–Crippen LogP) is 0.0773. The van der Waals surface area contributed by atoms with Crippen LogP contribution in [0.25, 0.3) is 0 Å². The topological polar surface area (TPSA) is 62.9 Å². The summed E-state index contributed by atoms with van der Waals surface area (Å²) in [6, 6.07) is 0.870. The van der Waals surface area contributed by atoms with Gasteiger partial charge in [-0.05, 0) is 26.2 Å². The van der Waals surface area contributed by atoms with Gasteiger partial charge in [-0.3, -0.25) is 5.43 Å². The molecule has 1 aliphatic carbocycles. The van der Waals surface area contributed by atoms with Crippen LogP contribution in [0.5, 0.6) is 0 Å². The monoisotopic (exact) mass is 212 g/mol. The van der Waals surface area contributed by atoms with E-state index >= 15 is 0 Å². The minimum Gasteiger partial charge on any atom is -0.376 e. The summed E-state index contributed by atoms with van der Waals surface area (Å²) >= 11 is 0. The van der Waals surface area contributed by atoms with Crippen LogP contribution in [-0.4, -0.2) is 42.7 Å².